The second-order valence-corrected chi connectivity index (χ2v) is 11.1. The summed E-state index contributed by atoms with van der Waals surface area (Å²) in [6.07, 6.45) is 13.1. The molecule has 0 spiro atoms. The average Bonchev–Trinajstić information content (AvgIpc) is 3.18. The van der Waals surface area contributed by atoms with E-state index in [2.05, 4.69) is 54.6 Å². The van der Waals surface area contributed by atoms with Gasteiger partial charge in [0.15, 0.2) is 0 Å². The standard InChI is InChI=1S/C31H33B2O3/c1-29(2,34)30(3,4)36-33-24-14-10-12-22(20-24)31(21-11-9-13-23(19-21)32-35)27-17-7-5-15-25(27)26-16-6-8-18-28(26)31/h5-6,9-16,19-20,34H,7-8,17-18H2,1-4H3. The molecule has 5 heteroatoms. The summed E-state index contributed by atoms with van der Waals surface area (Å²) in [6.45, 7) is 7.32. The molecule has 181 valence electrons. The second kappa shape index (κ2) is 9.28. The summed E-state index contributed by atoms with van der Waals surface area (Å²) < 4.78 is 17.9. The molecule has 0 atom stereocenters. The number of allylic oxidation sites excluding steroid dienone is 8. The summed E-state index contributed by atoms with van der Waals surface area (Å²) in [5.74, 6) is 0. The molecule has 2 aromatic carbocycles. The first-order valence-electron chi connectivity index (χ1n) is 12.9. The Balaban J connectivity index is 1.69. The minimum atomic E-state index is -0.995. The third-order valence-electron chi connectivity index (χ3n) is 8.28. The quantitative estimate of drug-likeness (QED) is 0.588. The topological polar surface area (TPSA) is 46.5 Å². The van der Waals surface area contributed by atoms with Gasteiger partial charge in [0.2, 0.25) is 0 Å². The van der Waals surface area contributed by atoms with E-state index in [0.717, 1.165) is 43.9 Å². The summed E-state index contributed by atoms with van der Waals surface area (Å²) in [6, 6.07) is 16.7. The fraction of sp³-hybridized carbons (Fsp3) is 0.355. The van der Waals surface area contributed by atoms with E-state index in [9.17, 15) is 9.81 Å². The van der Waals surface area contributed by atoms with Gasteiger partial charge in [-0.1, -0.05) is 0 Å². The van der Waals surface area contributed by atoms with Gasteiger partial charge in [-0.05, 0) is 0 Å². The molecule has 5 rings (SSSR count). The monoisotopic (exact) mass is 475 g/mol. The van der Waals surface area contributed by atoms with E-state index in [4.69, 9.17) is 4.65 Å². The van der Waals surface area contributed by atoms with Gasteiger partial charge >= 0.3 is 216 Å². The van der Waals surface area contributed by atoms with Crippen molar-refractivity contribution in [3.05, 3.63) is 106 Å². The Kier molecular flexibility index (Phi) is 6.43. The molecule has 1 radical (unpaired) electrons. The molecule has 0 heterocycles. The van der Waals surface area contributed by atoms with E-state index in [1.54, 1.807) is 21.3 Å². The van der Waals surface area contributed by atoms with Crippen molar-refractivity contribution >= 4 is 25.6 Å². The Bertz CT molecular complexity index is 1280. The Labute approximate surface area is 216 Å². The number of hydrogen-bond donors (Lipinski definition) is 1. The van der Waals surface area contributed by atoms with Gasteiger partial charge in [-0.3, -0.25) is 0 Å². The number of benzene rings is 2. The Morgan fingerprint density at radius 2 is 1.36 bits per heavy atom. The molecule has 3 aliphatic rings. The zero-order valence-electron chi connectivity index (χ0n) is 21.7. The molecule has 0 saturated carbocycles. The molecule has 0 aliphatic heterocycles. The van der Waals surface area contributed by atoms with Crippen LogP contribution < -0.4 is 10.9 Å². The van der Waals surface area contributed by atoms with E-state index < -0.39 is 16.6 Å². The van der Waals surface area contributed by atoms with Gasteiger partial charge < -0.3 is 0 Å². The van der Waals surface area contributed by atoms with Gasteiger partial charge in [-0.25, -0.2) is 0 Å². The van der Waals surface area contributed by atoms with Gasteiger partial charge in [0.05, 0.1) is 0 Å². The molecular formula is C31H33B2O3. The minimum absolute atomic E-state index is 0.422. The van der Waals surface area contributed by atoms with Crippen LogP contribution in [0, 0.1) is 0 Å². The molecule has 3 aliphatic carbocycles. The molecule has 3 nitrogen and oxygen atoms in total. The number of fused-ring (bicyclic) bond motifs is 1. The Morgan fingerprint density at radius 1 is 0.833 bits per heavy atom. The molecular weight excluding hydrogens is 442 g/mol. The van der Waals surface area contributed by atoms with Crippen molar-refractivity contribution in [2.24, 2.45) is 0 Å². The van der Waals surface area contributed by atoms with E-state index in [1.807, 2.05) is 32.0 Å². The maximum atomic E-state index is 11.8. The molecule has 2 aromatic rings. The van der Waals surface area contributed by atoms with Crippen LogP contribution in [0.25, 0.3) is 0 Å². The average molecular weight is 475 g/mol. The van der Waals surface area contributed by atoms with Crippen LogP contribution in [0.15, 0.2) is 95.1 Å². The molecule has 0 aromatic heterocycles. The van der Waals surface area contributed by atoms with Crippen LogP contribution in [0.2, 0.25) is 0 Å². The van der Waals surface area contributed by atoms with Crippen molar-refractivity contribution in [1.82, 2.24) is 0 Å². The predicted molar refractivity (Wildman–Crippen MR) is 147 cm³/mol. The Morgan fingerprint density at radius 3 is 1.89 bits per heavy atom. The molecule has 36 heavy (non-hydrogen) atoms. The molecule has 0 bridgehead atoms. The third kappa shape index (κ3) is 4.03. The second-order valence-electron chi connectivity index (χ2n) is 11.1. The van der Waals surface area contributed by atoms with Crippen LogP contribution in [0.3, 0.4) is 0 Å². The first-order valence-corrected chi connectivity index (χ1v) is 12.9. The first-order chi connectivity index (χ1) is 17.2. The summed E-state index contributed by atoms with van der Waals surface area (Å²) in [5, 5.41) is 10.5. The van der Waals surface area contributed by atoms with Gasteiger partial charge in [0.25, 0.3) is 0 Å². The summed E-state index contributed by atoms with van der Waals surface area (Å²) in [5.41, 5.74) is 7.30. The van der Waals surface area contributed by atoms with Crippen molar-refractivity contribution in [3.63, 3.8) is 0 Å². The van der Waals surface area contributed by atoms with Gasteiger partial charge in [-0.15, -0.1) is 0 Å². The van der Waals surface area contributed by atoms with Crippen molar-refractivity contribution in [2.45, 2.75) is 70.0 Å². The van der Waals surface area contributed by atoms with Gasteiger partial charge in [0, 0.05) is 0 Å². The fourth-order valence-corrected chi connectivity index (χ4v) is 5.71. The third-order valence-corrected chi connectivity index (χ3v) is 8.28. The van der Waals surface area contributed by atoms with Gasteiger partial charge in [-0.2, -0.15) is 0 Å². The molecule has 0 fully saturated rings. The number of aliphatic hydroxyl groups is 1. The Hall–Kier alpha value is -2.75. The van der Waals surface area contributed by atoms with E-state index >= 15 is 0 Å². The molecule has 0 saturated heterocycles. The van der Waals surface area contributed by atoms with Crippen LogP contribution in [-0.2, 0) is 14.8 Å². The first kappa shape index (κ1) is 24.9. The summed E-state index contributed by atoms with van der Waals surface area (Å²) in [4.78, 5) is 0. The van der Waals surface area contributed by atoms with Crippen LogP contribution in [0.1, 0.15) is 64.5 Å². The van der Waals surface area contributed by atoms with Crippen molar-refractivity contribution in [1.29, 1.82) is 0 Å². The van der Waals surface area contributed by atoms with Crippen molar-refractivity contribution in [2.75, 3.05) is 0 Å². The van der Waals surface area contributed by atoms with Crippen molar-refractivity contribution < 1.29 is 14.5 Å². The summed E-state index contributed by atoms with van der Waals surface area (Å²) in [7, 11) is 2.70. The van der Waals surface area contributed by atoms with E-state index in [-0.39, 0.29) is 0 Å². The SMILES string of the molecule is CC(C)(O)C(C)(C)O[B]c1cccc(C2(c3cccc(B=O)c3)C3=C(C=CCC3)C3=C2CCC=C3)c1. The fourth-order valence-electron chi connectivity index (χ4n) is 5.71. The zero-order chi connectivity index (χ0) is 25.6. The predicted octanol–water partition coefficient (Wildman–Crippen LogP) is 4.77. The zero-order valence-corrected chi connectivity index (χ0v) is 21.7. The maximum absolute atomic E-state index is 11.8. The van der Waals surface area contributed by atoms with Crippen LogP contribution >= 0.6 is 0 Å². The van der Waals surface area contributed by atoms with Crippen LogP contribution in [0.4, 0.5) is 0 Å². The van der Waals surface area contributed by atoms with E-state index in [0.29, 0.717) is 5.46 Å². The number of hydrogen-bond acceptors (Lipinski definition) is 3. The van der Waals surface area contributed by atoms with E-state index in [1.165, 1.54) is 27.9 Å². The number of rotatable bonds is 7. The summed E-state index contributed by atoms with van der Waals surface area (Å²) >= 11 is 0. The van der Waals surface area contributed by atoms with Crippen LogP contribution in [-0.4, -0.2) is 30.9 Å². The van der Waals surface area contributed by atoms with Crippen LogP contribution in [0.5, 0.6) is 0 Å². The normalized spacial score (nSPS) is 18.7. The molecule has 0 unspecified atom stereocenters. The van der Waals surface area contributed by atoms with Gasteiger partial charge in [0.1, 0.15) is 0 Å². The molecule has 1 N–H and O–H groups in total. The van der Waals surface area contributed by atoms with Crippen molar-refractivity contribution in [3.8, 4) is 0 Å². The molecule has 0 amide bonds.